The maximum atomic E-state index is 11.5. The van der Waals surface area contributed by atoms with Crippen molar-refractivity contribution in [3.8, 4) is 0 Å². The first-order valence-electron chi connectivity index (χ1n) is 9.07. The van der Waals surface area contributed by atoms with Crippen molar-refractivity contribution in [1.29, 1.82) is 0 Å². The molecule has 0 aromatic heterocycles. The van der Waals surface area contributed by atoms with Crippen LogP contribution < -0.4 is 0 Å². The fourth-order valence-corrected chi connectivity index (χ4v) is 5.31. The summed E-state index contributed by atoms with van der Waals surface area (Å²) >= 11 is 0. The van der Waals surface area contributed by atoms with Gasteiger partial charge in [-0.2, -0.15) is 0 Å². The van der Waals surface area contributed by atoms with E-state index in [1.54, 1.807) is 6.08 Å². The number of carbonyl (C=O) groups is 1. The number of carboxylic acids is 1. The third kappa shape index (κ3) is 3.60. The highest BCUT2D eigenvalue weighted by Gasteiger charge is 2.52. The minimum atomic E-state index is -0.774. The molecule has 2 aliphatic rings. The molecule has 3 atom stereocenters. The largest absolute Gasteiger partial charge is 0.481 e. The van der Waals surface area contributed by atoms with Crippen LogP contribution in [0.15, 0.2) is 22.8 Å². The number of aliphatic hydroxyl groups is 2. The Balaban J connectivity index is 2.45. The number of hydrogen-bond acceptors (Lipinski definition) is 3. The molecule has 3 N–H and O–H groups in total. The summed E-state index contributed by atoms with van der Waals surface area (Å²) in [6.07, 6.45) is 7.61. The molecule has 0 aromatic rings. The SMILES string of the molecule is CC(=CCO)CC1=C(CC(=O)O)[C@]2(C)CCC[C@@](C)(CO)[C@H]2CC1. The molecule has 0 heterocycles. The van der Waals surface area contributed by atoms with E-state index in [4.69, 9.17) is 5.11 Å². The summed E-state index contributed by atoms with van der Waals surface area (Å²) in [5, 5.41) is 28.6. The van der Waals surface area contributed by atoms with Crippen LogP contribution in [0.2, 0.25) is 0 Å². The molecule has 0 aromatic carbocycles. The van der Waals surface area contributed by atoms with Crippen LogP contribution in [0.5, 0.6) is 0 Å². The molecule has 4 nitrogen and oxygen atoms in total. The molecule has 1 fully saturated rings. The van der Waals surface area contributed by atoms with Crippen LogP contribution in [0, 0.1) is 16.7 Å². The van der Waals surface area contributed by atoms with E-state index in [1.807, 2.05) is 6.92 Å². The van der Waals surface area contributed by atoms with Crippen molar-refractivity contribution < 1.29 is 20.1 Å². The van der Waals surface area contributed by atoms with Gasteiger partial charge in [-0.3, -0.25) is 4.79 Å². The van der Waals surface area contributed by atoms with Gasteiger partial charge in [-0.05, 0) is 55.8 Å². The van der Waals surface area contributed by atoms with Crippen LogP contribution in [0.25, 0.3) is 0 Å². The van der Waals surface area contributed by atoms with Crippen LogP contribution in [0.4, 0.5) is 0 Å². The van der Waals surface area contributed by atoms with Gasteiger partial charge in [0.25, 0.3) is 0 Å². The second kappa shape index (κ2) is 7.40. The second-order valence-electron chi connectivity index (χ2n) is 8.24. The molecule has 2 aliphatic carbocycles. The summed E-state index contributed by atoms with van der Waals surface area (Å²) in [5.74, 6) is -0.437. The van der Waals surface area contributed by atoms with Crippen molar-refractivity contribution in [3.05, 3.63) is 22.8 Å². The van der Waals surface area contributed by atoms with E-state index in [-0.39, 0.29) is 30.5 Å². The standard InChI is InChI=1S/C20H32O4/c1-14(7-10-21)11-15-5-6-17-19(2,13-22)8-4-9-20(17,3)16(15)12-18(23)24/h7,17,21-22H,4-6,8-13H2,1-3H3,(H,23,24)/t17-,19+,20+/m1/s1. The van der Waals surface area contributed by atoms with E-state index in [1.165, 1.54) is 5.57 Å². The molecule has 0 bridgehead atoms. The van der Waals surface area contributed by atoms with E-state index in [0.717, 1.165) is 49.7 Å². The van der Waals surface area contributed by atoms with E-state index >= 15 is 0 Å². The van der Waals surface area contributed by atoms with Gasteiger partial charge in [-0.15, -0.1) is 0 Å². The Morgan fingerprint density at radius 3 is 2.54 bits per heavy atom. The zero-order valence-electron chi connectivity index (χ0n) is 15.3. The van der Waals surface area contributed by atoms with Gasteiger partial charge >= 0.3 is 5.97 Å². The number of aliphatic carboxylic acids is 1. The fraction of sp³-hybridized carbons (Fsp3) is 0.750. The highest BCUT2D eigenvalue weighted by atomic mass is 16.4. The topological polar surface area (TPSA) is 77.8 Å². The predicted octanol–water partition coefficient (Wildman–Crippen LogP) is 3.69. The molecule has 4 heteroatoms. The summed E-state index contributed by atoms with van der Waals surface area (Å²) in [6.45, 7) is 6.57. The quantitative estimate of drug-likeness (QED) is 0.647. The first kappa shape index (κ1) is 19.2. The second-order valence-corrected chi connectivity index (χ2v) is 8.24. The van der Waals surface area contributed by atoms with E-state index < -0.39 is 5.97 Å². The molecule has 0 unspecified atom stereocenters. The average Bonchev–Trinajstić information content (AvgIpc) is 2.50. The molecule has 24 heavy (non-hydrogen) atoms. The number of hydrogen-bond donors (Lipinski definition) is 3. The van der Waals surface area contributed by atoms with Crippen molar-refractivity contribution in [2.75, 3.05) is 13.2 Å². The highest BCUT2D eigenvalue weighted by Crippen LogP contribution is 2.60. The lowest BCUT2D eigenvalue weighted by molar-refractivity contribution is -0.137. The summed E-state index contributed by atoms with van der Waals surface area (Å²) in [6, 6.07) is 0. The smallest absolute Gasteiger partial charge is 0.307 e. The predicted molar refractivity (Wildman–Crippen MR) is 94.6 cm³/mol. The van der Waals surface area contributed by atoms with Crippen molar-refractivity contribution in [1.82, 2.24) is 0 Å². The van der Waals surface area contributed by atoms with E-state index in [2.05, 4.69) is 13.8 Å². The van der Waals surface area contributed by atoms with E-state index in [9.17, 15) is 15.0 Å². The first-order valence-corrected chi connectivity index (χ1v) is 9.07. The van der Waals surface area contributed by atoms with Gasteiger partial charge in [-0.1, -0.05) is 43.1 Å². The summed E-state index contributed by atoms with van der Waals surface area (Å²) < 4.78 is 0. The Hall–Kier alpha value is -1.13. The van der Waals surface area contributed by atoms with Crippen LogP contribution in [-0.4, -0.2) is 34.5 Å². The van der Waals surface area contributed by atoms with Crippen LogP contribution >= 0.6 is 0 Å². The molecular weight excluding hydrogens is 304 g/mol. The molecule has 2 rings (SSSR count). The minimum Gasteiger partial charge on any atom is -0.481 e. The molecule has 0 aliphatic heterocycles. The Morgan fingerprint density at radius 2 is 1.96 bits per heavy atom. The molecule has 0 saturated heterocycles. The van der Waals surface area contributed by atoms with Gasteiger partial charge < -0.3 is 15.3 Å². The summed E-state index contributed by atoms with van der Waals surface area (Å²) in [4.78, 5) is 11.5. The number of rotatable bonds is 6. The summed E-state index contributed by atoms with van der Waals surface area (Å²) in [7, 11) is 0. The van der Waals surface area contributed by atoms with Gasteiger partial charge in [0, 0.05) is 6.61 Å². The number of carboxylic acid groups (broad SMARTS) is 1. The Kier molecular flexibility index (Phi) is 5.92. The molecule has 0 spiro atoms. The zero-order chi connectivity index (χ0) is 18.0. The number of fused-ring (bicyclic) bond motifs is 1. The van der Waals surface area contributed by atoms with E-state index in [0.29, 0.717) is 5.92 Å². The maximum absolute atomic E-state index is 11.5. The van der Waals surface area contributed by atoms with Crippen molar-refractivity contribution in [2.24, 2.45) is 16.7 Å². The van der Waals surface area contributed by atoms with Gasteiger partial charge in [-0.25, -0.2) is 0 Å². The molecule has 0 amide bonds. The van der Waals surface area contributed by atoms with Crippen molar-refractivity contribution in [2.45, 2.75) is 65.7 Å². The lowest BCUT2D eigenvalue weighted by Gasteiger charge is -2.55. The normalized spacial score (nSPS) is 34.2. The van der Waals surface area contributed by atoms with Crippen LogP contribution in [0.1, 0.15) is 65.7 Å². The average molecular weight is 336 g/mol. The monoisotopic (exact) mass is 336 g/mol. The minimum absolute atomic E-state index is 0.0237. The fourth-order valence-electron chi connectivity index (χ4n) is 5.31. The molecule has 1 saturated carbocycles. The molecular formula is C20H32O4. The lowest BCUT2D eigenvalue weighted by atomic mass is 9.49. The lowest BCUT2D eigenvalue weighted by Crippen LogP contribution is -2.48. The van der Waals surface area contributed by atoms with Crippen LogP contribution in [0.3, 0.4) is 0 Å². The number of allylic oxidation sites excluding steroid dienone is 2. The third-order valence-corrected chi connectivity index (χ3v) is 6.53. The Bertz CT molecular complexity index is 548. The Morgan fingerprint density at radius 1 is 1.25 bits per heavy atom. The molecule has 0 radical (unpaired) electrons. The zero-order valence-corrected chi connectivity index (χ0v) is 15.3. The van der Waals surface area contributed by atoms with Gasteiger partial charge in [0.15, 0.2) is 0 Å². The highest BCUT2D eigenvalue weighted by molar-refractivity contribution is 5.71. The third-order valence-electron chi connectivity index (χ3n) is 6.53. The van der Waals surface area contributed by atoms with Crippen LogP contribution in [-0.2, 0) is 4.79 Å². The summed E-state index contributed by atoms with van der Waals surface area (Å²) in [5.41, 5.74) is 3.16. The Labute approximate surface area is 145 Å². The van der Waals surface area contributed by atoms with Gasteiger partial charge in [0.2, 0.25) is 0 Å². The van der Waals surface area contributed by atoms with Gasteiger partial charge in [0.1, 0.15) is 0 Å². The van der Waals surface area contributed by atoms with Gasteiger partial charge in [0.05, 0.1) is 13.0 Å². The molecule has 136 valence electrons. The number of aliphatic hydroxyl groups excluding tert-OH is 2. The van der Waals surface area contributed by atoms with Crippen molar-refractivity contribution >= 4 is 5.97 Å². The maximum Gasteiger partial charge on any atom is 0.307 e. The van der Waals surface area contributed by atoms with Crippen molar-refractivity contribution in [3.63, 3.8) is 0 Å². The first-order chi connectivity index (χ1) is 11.3.